The molecule has 0 bridgehead atoms. The summed E-state index contributed by atoms with van der Waals surface area (Å²) in [5.41, 5.74) is 20.8. The van der Waals surface area contributed by atoms with Crippen LogP contribution in [-0.4, -0.2) is 9.55 Å². The van der Waals surface area contributed by atoms with Crippen LogP contribution >= 0.6 is 0 Å². The maximum absolute atomic E-state index is 4.34. The van der Waals surface area contributed by atoms with Crippen molar-refractivity contribution in [1.82, 2.24) is 9.55 Å². The van der Waals surface area contributed by atoms with Crippen LogP contribution in [0.5, 0.6) is 0 Å². The van der Waals surface area contributed by atoms with E-state index in [-0.39, 0.29) is 0 Å². The summed E-state index contributed by atoms with van der Waals surface area (Å²) in [7, 11) is 0. The molecule has 0 N–H and O–H groups in total. The first kappa shape index (κ1) is 40.2. The topological polar surface area (TPSA) is 21.1 Å². The molecule has 0 spiro atoms. The van der Waals surface area contributed by atoms with E-state index in [0.717, 1.165) is 45.0 Å². The van der Waals surface area contributed by atoms with Crippen molar-refractivity contribution < 1.29 is 0 Å². The van der Waals surface area contributed by atoms with Gasteiger partial charge in [0.2, 0.25) is 0 Å². The molecule has 0 saturated heterocycles. The molecule has 0 fully saturated rings. The second-order valence-corrected chi connectivity index (χ2v) is 17.9. The predicted octanol–water partition coefficient (Wildman–Crippen LogP) is 17.0. The Morgan fingerprint density at radius 2 is 0.899 bits per heavy atom. The fraction of sp³-hybridized carbons (Fsp3) is 0.0152. The second kappa shape index (κ2) is 16.7. The van der Waals surface area contributed by atoms with Gasteiger partial charge in [-0.15, -0.1) is 0 Å². The van der Waals surface area contributed by atoms with E-state index in [4.69, 9.17) is 0 Å². The molecule has 3 heteroatoms. The van der Waals surface area contributed by atoms with E-state index >= 15 is 0 Å². The van der Waals surface area contributed by atoms with E-state index in [9.17, 15) is 0 Å². The van der Waals surface area contributed by atoms with Gasteiger partial charge in [-0.3, -0.25) is 4.98 Å². The van der Waals surface area contributed by atoms with E-state index in [2.05, 4.69) is 269 Å². The smallest absolute Gasteiger partial charge is 0.0714 e. The maximum Gasteiger partial charge on any atom is 0.0714 e. The van der Waals surface area contributed by atoms with Gasteiger partial charge >= 0.3 is 0 Å². The summed E-state index contributed by atoms with van der Waals surface area (Å²) in [6.07, 6.45) is 3.72. The Kier molecular flexibility index (Phi) is 9.73. The van der Waals surface area contributed by atoms with Crippen LogP contribution in [0.3, 0.4) is 0 Å². The van der Waals surface area contributed by atoms with Crippen LogP contribution in [0.15, 0.2) is 273 Å². The van der Waals surface area contributed by atoms with Crippen LogP contribution in [0.1, 0.15) is 22.3 Å². The summed E-state index contributed by atoms with van der Waals surface area (Å²) >= 11 is 0. The lowest BCUT2D eigenvalue weighted by Gasteiger charge is -2.34. The number of aromatic nitrogens is 2. The number of para-hydroxylation sites is 2. The highest BCUT2D eigenvalue weighted by Gasteiger charge is 2.46. The largest absolute Gasteiger partial charge is 0.310 e. The predicted molar refractivity (Wildman–Crippen MR) is 287 cm³/mol. The molecular weight excluding hydrogens is 835 g/mol. The van der Waals surface area contributed by atoms with Crippen molar-refractivity contribution in [2.75, 3.05) is 4.90 Å². The van der Waals surface area contributed by atoms with Gasteiger partial charge in [0.25, 0.3) is 0 Å². The molecule has 13 rings (SSSR count). The highest BCUT2D eigenvalue weighted by Crippen LogP contribution is 2.56. The van der Waals surface area contributed by atoms with Gasteiger partial charge in [-0.2, -0.15) is 0 Å². The van der Waals surface area contributed by atoms with Crippen molar-refractivity contribution in [1.29, 1.82) is 0 Å². The molecule has 324 valence electrons. The summed E-state index contributed by atoms with van der Waals surface area (Å²) in [4.78, 5) is 6.67. The quantitative estimate of drug-likeness (QED) is 0.144. The van der Waals surface area contributed by atoms with Crippen molar-refractivity contribution in [3.63, 3.8) is 0 Å². The number of hydrogen-bond donors (Lipinski definition) is 0. The molecule has 0 atom stereocenters. The molecular formula is C66H45N3. The van der Waals surface area contributed by atoms with E-state index in [1.54, 1.807) is 0 Å². The Hall–Kier alpha value is -9.05. The molecule has 69 heavy (non-hydrogen) atoms. The fourth-order valence-corrected chi connectivity index (χ4v) is 11.1. The zero-order chi connectivity index (χ0) is 45.7. The summed E-state index contributed by atoms with van der Waals surface area (Å²) in [5, 5.41) is 2.47. The molecule has 3 nitrogen and oxygen atoms in total. The molecule has 10 aromatic carbocycles. The molecule has 1 aliphatic carbocycles. The third-order valence-electron chi connectivity index (χ3n) is 14.1. The van der Waals surface area contributed by atoms with Crippen molar-refractivity contribution >= 4 is 38.9 Å². The molecule has 2 aromatic heterocycles. The molecule has 0 radical (unpaired) electrons. The lowest BCUT2D eigenvalue weighted by atomic mass is 9.67. The monoisotopic (exact) mass is 879 g/mol. The number of hydrogen-bond acceptors (Lipinski definition) is 2. The van der Waals surface area contributed by atoms with E-state index < -0.39 is 5.41 Å². The van der Waals surface area contributed by atoms with Gasteiger partial charge in [-0.25, -0.2) is 0 Å². The summed E-state index contributed by atoms with van der Waals surface area (Å²) in [5.74, 6) is 0. The zero-order valence-corrected chi connectivity index (χ0v) is 37.8. The van der Waals surface area contributed by atoms with Gasteiger partial charge in [0, 0.05) is 45.9 Å². The summed E-state index contributed by atoms with van der Waals surface area (Å²) < 4.78 is 2.48. The van der Waals surface area contributed by atoms with Crippen molar-refractivity contribution in [3.8, 4) is 50.2 Å². The average molecular weight is 880 g/mol. The Labute approximate surface area is 402 Å². The Bertz CT molecular complexity index is 3780. The first-order valence-electron chi connectivity index (χ1n) is 23.7. The molecule has 2 heterocycles. The van der Waals surface area contributed by atoms with Gasteiger partial charge in [0.15, 0.2) is 0 Å². The number of pyridine rings is 1. The zero-order valence-electron chi connectivity index (χ0n) is 37.8. The second-order valence-electron chi connectivity index (χ2n) is 17.9. The molecule has 0 saturated carbocycles. The lowest BCUT2D eigenvalue weighted by molar-refractivity contribution is 0.767. The van der Waals surface area contributed by atoms with Gasteiger partial charge in [-0.05, 0) is 140 Å². The van der Waals surface area contributed by atoms with Crippen LogP contribution in [0, 0.1) is 0 Å². The maximum atomic E-state index is 4.34. The highest BCUT2D eigenvalue weighted by atomic mass is 15.1. The Balaban J connectivity index is 0.922. The van der Waals surface area contributed by atoms with Crippen LogP contribution in [0.2, 0.25) is 0 Å². The van der Waals surface area contributed by atoms with Crippen LogP contribution < -0.4 is 4.90 Å². The van der Waals surface area contributed by atoms with E-state index in [0.29, 0.717) is 0 Å². The fourth-order valence-electron chi connectivity index (χ4n) is 11.1. The minimum Gasteiger partial charge on any atom is -0.310 e. The molecule has 0 unspecified atom stereocenters. The van der Waals surface area contributed by atoms with Gasteiger partial charge in [-0.1, -0.05) is 188 Å². The molecule has 0 amide bonds. The van der Waals surface area contributed by atoms with E-state index in [1.165, 1.54) is 66.3 Å². The minimum atomic E-state index is -0.491. The van der Waals surface area contributed by atoms with Gasteiger partial charge in [0.1, 0.15) is 0 Å². The number of anilines is 3. The summed E-state index contributed by atoms with van der Waals surface area (Å²) in [6.45, 7) is 0. The average Bonchev–Trinajstić information content (AvgIpc) is 3.92. The Morgan fingerprint density at radius 1 is 0.333 bits per heavy atom. The van der Waals surface area contributed by atoms with Gasteiger partial charge in [0.05, 0.1) is 16.4 Å². The molecule has 1 aliphatic rings. The number of rotatable bonds is 9. The van der Waals surface area contributed by atoms with Crippen LogP contribution in [0.25, 0.3) is 72.0 Å². The van der Waals surface area contributed by atoms with Crippen molar-refractivity contribution in [2.45, 2.75) is 5.41 Å². The summed E-state index contributed by atoms with van der Waals surface area (Å²) in [6, 6.07) is 95.4. The van der Waals surface area contributed by atoms with Crippen molar-refractivity contribution in [2.24, 2.45) is 0 Å². The normalized spacial score (nSPS) is 12.5. The number of benzene rings is 10. The molecule has 12 aromatic rings. The minimum absolute atomic E-state index is 0.491. The third kappa shape index (κ3) is 6.70. The number of nitrogens with zero attached hydrogens (tertiary/aromatic N) is 3. The van der Waals surface area contributed by atoms with Crippen molar-refractivity contribution in [3.05, 3.63) is 296 Å². The van der Waals surface area contributed by atoms with E-state index in [1.807, 2.05) is 18.5 Å². The third-order valence-corrected chi connectivity index (χ3v) is 14.1. The number of fused-ring (bicyclic) bond motifs is 6. The van der Waals surface area contributed by atoms with Crippen LogP contribution in [-0.2, 0) is 5.41 Å². The Morgan fingerprint density at radius 3 is 1.64 bits per heavy atom. The van der Waals surface area contributed by atoms with Crippen LogP contribution in [0.4, 0.5) is 17.1 Å². The first-order chi connectivity index (χ1) is 34.2. The molecule has 0 aliphatic heterocycles. The van der Waals surface area contributed by atoms with Gasteiger partial charge < -0.3 is 9.47 Å². The lowest BCUT2D eigenvalue weighted by Crippen LogP contribution is -2.28. The highest BCUT2D eigenvalue weighted by molar-refractivity contribution is 6.10. The first-order valence-corrected chi connectivity index (χ1v) is 23.7. The SMILES string of the molecule is c1ccc(N(c2ccc(-c3cccnc3)cc2)c2cccc(-c3cccc(-c4ccc5c6ccccc6n(-c6ccc7c(c6)C(c6ccccc6)(c6ccccc6)c6ccccc6-7)c5c4)c3)c2)cc1. The standard InChI is InChI=1S/C66H45N3/c1-4-21-52(22-5-1)66(53-23-6-2-7-24-53)62-30-12-10-28-58(62)59-39-37-57(44-63(59)66)69-64-31-13-11-29-60(64)61-38-34-50(43-65(61)69)48-18-14-17-47(41-48)49-19-15-27-56(42-49)68(54-25-8-3-9-26-54)55-35-32-46(33-36-55)51-20-16-40-67-45-51/h1-45H.